The molecular weight excluding hydrogens is 264 g/mol. The van der Waals surface area contributed by atoms with Crippen LogP contribution in [-0.4, -0.2) is 54.2 Å². The third-order valence-electron chi connectivity index (χ3n) is 4.08. The zero-order chi connectivity index (χ0) is 13.2. The number of aromatic nitrogens is 2. The number of halogens is 1. The topological polar surface area (TPSA) is 41.5 Å². The fourth-order valence-electron chi connectivity index (χ4n) is 3.09. The lowest BCUT2D eigenvalue weighted by Crippen LogP contribution is -2.55. The van der Waals surface area contributed by atoms with Crippen LogP contribution in [0.3, 0.4) is 0 Å². The van der Waals surface area contributed by atoms with Crippen molar-refractivity contribution in [1.82, 2.24) is 14.9 Å². The van der Waals surface area contributed by atoms with Crippen molar-refractivity contribution in [2.24, 2.45) is 0 Å². The van der Waals surface area contributed by atoms with Crippen LogP contribution in [0.4, 0.5) is 5.82 Å². The van der Waals surface area contributed by atoms with Gasteiger partial charge in [0.05, 0.1) is 7.11 Å². The maximum absolute atomic E-state index is 6.07. The molecule has 0 aliphatic carbocycles. The molecule has 19 heavy (non-hydrogen) atoms. The maximum atomic E-state index is 6.07. The predicted molar refractivity (Wildman–Crippen MR) is 75.0 cm³/mol. The van der Waals surface area contributed by atoms with Gasteiger partial charge in [-0.1, -0.05) is 18.0 Å². The first-order chi connectivity index (χ1) is 9.29. The summed E-state index contributed by atoms with van der Waals surface area (Å²) in [6.07, 6.45) is 5.45. The van der Waals surface area contributed by atoms with Crippen LogP contribution in [0.2, 0.25) is 5.15 Å². The Morgan fingerprint density at radius 3 is 3.00 bits per heavy atom. The van der Waals surface area contributed by atoms with Crippen LogP contribution in [0.5, 0.6) is 5.75 Å². The summed E-state index contributed by atoms with van der Waals surface area (Å²) >= 11 is 6.07. The van der Waals surface area contributed by atoms with Crippen LogP contribution in [0, 0.1) is 0 Å². The third kappa shape index (κ3) is 2.49. The second-order valence-corrected chi connectivity index (χ2v) is 5.51. The van der Waals surface area contributed by atoms with Gasteiger partial charge in [-0.3, -0.25) is 4.90 Å². The van der Waals surface area contributed by atoms with Gasteiger partial charge in [0, 0.05) is 25.7 Å². The van der Waals surface area contributed by atoms with E-state index in [4.69, 9.17) is 16.3 Å². The molecule has 0 spiro atoms. The molecule has 0 saturated carbocycles. The van der Waals surface area contributed by atoms with Crippen LogP contribution in [-0.2, 0) is 0 Å². The summed E-state index contributed by atoms with van der Waals surface area (Å²) < 4.78 is 5.35. The van der Waals surface area contributed by atoms with E-state index in [1.165, 1.54) is 32.1 Å². The number of hydrogen-bond acceptors (Lipinski definition) is 5. The minimum absolute atomic E-state index is 0.388. The van der Waals surface area contributed by atoms with E-state index in [-0.39, 0.29) is 0 Å². The van der Waals surface area contributed by atoms with Crippen molar-refractivity contribution in [2.75, 3.05) is 38.2 Å². The molecule has 2 fully saturated rings. The maximum Gasteiger partial charge on any atom is 0.199 e. The lowest BCUT2D eigenvalue weighted by Gasteiger charge is -2.44. The molecule has 0 N–H and O–H groups in total. The lowest BCUT2D eigenvalue weighted by atomic mass is 9.99. The first-order valence-corrected chi connectivity index (χ1v) is 7.21. The van der Waals surface area contributed by atoms with Crippen LogP contribution in [0.15, 0.2) is 6.33 Å². The number of hydrogen-bond donors (Lipinski definition) is 0. The highest BCUT2D eigenvalue weighted by atomic mass is 35.5. The molecule has 2 saturated heterocycles. The molecule has 6 heteroatoms. The number of fused-ring (bicyclic) bond motifs is 1. The van der Waals surface area contributed by atoms with E-state index < -0.39 is 0 Å². The van der Waals surface area contributed by atoms with Gasteiger partial charge in [-0.25, -0.2) is 9.97 Å². The highest BCUT2D eigenvalue weighted by Gasteiger charge is 2.31. The predicted octanol–water partition coefficient (Wildman–Crippen LogP) is 1.81. The summed E-state index contributed by atoms with van der Waals surface area (Å²) in [4.78, 5) is 13.2. The van der Waals surface area contributed by atoms with E-state index in [1.807, 2.05) is 0 Å². The average Bonchev–Trinajstić information content (AvgIpc) is 2.46. The molecule has 1 atom stereocenters. The summed E-state index contributed by atoms with van der Waals surface area (Å²) in [6.45, 7) is 4.31. The molecular formula is C13H19ClN4O. The summed E-state index contributed by atoms with van der Waals surface area (Å²) in [6, 6.07) is 0.640. The van der Waals surface area contributed by atoms with Crippen molar-refractivity contribution in [1.29, 1.82) is 0 Å². The molecule has 0 amide bonds. The van der Waals surface area contributed by atoms with Gasteiger partial charge in [-0.2, -0.15) is 0 Å². The quantitative estimate of drug-likeness (QED) is 0.774. The number of methoxy groups -OCH3 is 1. The number of piperidine rings is 1. The minimum Gasteiger partial charge on any atom is -0.490 e. The Labute approximate surface area is 118 Å². The van der Waals surface area contributed by atoms with E-state index in [2.05, 4.69) is 19.8 Å². The van der Waals surface area contributed by atoms with Crippen molar-refractivity contribution < 1.29 is 4.74 Å². The van der Waals surface area contributed by atoms with Gasteiger partial charge >= 0.3 is 0 Å². The molecule has 0 bridgehead atoms. The van der Waals surface area contributed by atoms with Crippen LogP contribution in [0.25, 0.3) is 0 Å². The summed E-state index contributed by atoms with van der Waals surface area (Å²) in [5.74, 6) is 1.42. The SMILES string of the molecule is COc1c(Cl)ncnc1N1CCN2CCCCC2C1. The zero-order valence-electron chi connectivity index (χ0n) is 11.2. The smallest absolute Gasteiger partial charge is 0.199 e. The summed E-state index contributed by atoms with van der Waals surface area (Å²) in [5.41, 5.74) is 0. The Balaban J connectivity index is 1.81. The molecule has 104 valence electrons. The minimum atomic E-state index is 0.388. The zero-order valence-corrected chi connectivity index (χ0v) is 11.9. The van der Waals surface area contributed by atoms with Gasteiger partial charge in [-0.05, 0) is 19.4 Å². The number of piperazine rings is 1. The highest BCUT2D eigenvalue weighted by Crippen LogP contribution is 2.33. The average molecular weight is 283 g/mol. The molecule has 1 aromatic rings. The molecule has 3 rings (SSSR count). The van der Waals surface area contributed by atoms with Crippen molar-refractivity contribution >= 4 is 17.4 Å². The van der Waals surface area contributed by atoms with Crippen LogP contribution < -0.4 is 9.64 Å². The second-order valence-electron chi connectivity index (χ2n) is 5.15. The number of nitrogens with zero attached hydrogens (tertiary/aromatic N) is 4. The van der Waals surface area contributed by atoms with E-state index >= 15 is 0 Å². The number of anilines is 1. The van der Waals surface area contributed by atoms with E-state index in [0.29, 0.717) is 16.9 Å². The molecule has 2 aliphatic heterocycles. The molecule has 5 nitrogen and oxygen atoms in total. The van der Waals surface area contributed by atoms with Gasteiger partial charge in [0.15, 0.2) is 16.7 Å². The summed E-state index contributed by atoms with van der Waals surface area (Å²) in [7, 11) is 1.62. The van der Waals surface area contributed by atoms with Gasteiger partial charge in [0.1, 0.15) is 6.33 Å². The normalized spacial score (nSPS) is 24.1. The largest absolute Gasteiger partial charge is 0.490 e. The molecule has 0 aromatic carbocycles. The van der Waals surface area contributed by atoms with Crippen LogP contribution >= 0.6 is 11.6 Å². The van der Waals surface area contributed by atoms with E-state index in [9.17, 15) is 0 Å². The second kappa shape index (κ2) is 5.51. The van der Waals surface area contributed by atoms with Crippen molar-refractivity contribution in [3.05, 3.63) is 11.5 Å². The number of ether oxygens (including phenoxy) is 1. The van der Waals surface area contributed by atoms with E-state index in [1.54, 1.807) is 7.11 Å². The molecule has 1 aromatic heterocycles. The fourth-order valence-corrected chi connectivity index (χ4v) is 3.30. The number of rotatable bonds is 2. The third-order valence-corrected chi connectivity index (χ3v) is 4.35. The van der Waals surface area contributed by atoms with Gasteiger partial charge in [0.2, 0.25) is 0 Å². The lowest BCUT2D eigenvalue weighted by molar-refractivity contribution is 0.133. The molecule has 1 unspecified atom stereocenters. The first kappa shape index (κ1) is 12.9. The van der Waals surface area contributed by atoms with Crippen molar-refractivity contribution in [2.45, 2.75) is 25.3 Å². The van der Waals surface area contributed by atoms with Crippen LogP contribution in [0.1, 0.15) is 19.3 Å². The first-order valence-electron chi connectivity index (χ1n) is 6.83. The molecule has 3 heterocycles. The monoisotopic (exact) mass is 282 g/mol. The Kier molecular flexibility index (Phi) is 3.75. The summed E-state index contributed by atoms with van der Waals surface area (Å²) in [5, 5.41) is 0.388. The van der Waals surface area contributed by atoms with Crippen molar-refractivity contribution in [3.63, 3.8) is 0 Å². The molecule has 0 radical (unpaired) electrons. The molecule has 2 aliphatic rings. The van der Waals surface area contributed by atoms with E-state index in [0.717, 1.165) is 25.5 Å². The Hall–Kier alpha value is -1.07. The highest BCUT2D eigenvalue weighted by molar-refractivity contribution is 6.31. The Morgan fingerprint density at radius 1 is 1.26 bits per heavy atom. The Morgan fingerprint density at radius 2 is 2.16 bits per heavy atom. The van der Waals surface area contributed by atoms with Gasteiger partial charge in [0.25, 0.3) is 0 Å². The standard InChI is InChI=1S/C13H19ClN4O/c1-19-11-12(14)15-9-16-13(11)18-7-6-17-5-3-2-4-10(17)8-18/h9-10H,2-8H2,1H3. The van der Waals surface area contributed by atoms with Gasteiger partial charge < -0.3 is 9.64 Å². The van der Waals surface area contributed by atoms with Crippen molar-refractivity contribution in [3.8, 4) is 5.75 Å². The Bertz CT molecular complexity index is 456. The fraction of sp³-hybridized carbons (Fsp3) is 0.692. The van der Waals surface area contributed by atoms with Gasteiger partial charge in [-0.15, -0.1) is 0 Å².